The van der Waals surface area contributed by atoms with Gasteiger partial charge in [0, 0.05) is 57.2 Å². The summed E-state index contributed by atoms with van der Waals surface area (Å²) in [5.41, 5.74) is -2.32. The molecule has 11 heteroatoms. The Labute approximate surface area is 181 Å². The Bertz CT molecular complexity index is 1050. The number of aliphatic hydroxyl groups excluding tert-OH is 1. The quantitative estimate of drug-likeness (QED) is 0.615. The second-order valence-electron chi connectivity index (χ2n) is 6.94. The van der Waals surface area contributed by atoms with Gasteiger partial charge >= 0.3 is 0 Å². The van der Waals surface area contributed by atoms with Crippen LogP contribution in [-0.4, -0.2) is 51.7 Å². The summed E-state index contributed by atoms with van der Waals surface area (Å²) in [6, 6.07) is 0.945. The smallest absolute Gasteiger partial charge is 0.274 e. The Morgan fingerprint density at radius 1 is 1.12 bits per heavy atom. The fraction of sp³-hybridized carbons (Fsp3) is 0.381. The number of carbonyl (C=O) groups is 2. The largest absolute Gasteiger partial charge is 0.503 e. The number of amides is 2. The van der Waals surface area contributed by atoms with E-state index in [-0.39, 0.29) is 12.2 Å². The first-order valence-corrected chi connectivity index (χ1v) is 9.86. The van der Waals surface area contributed by atoms with Crippen molar-refractivity contribution in [2.24, 2.45) is 0 Å². The van der Waals surface area contributed by atoms with Gasteiger partial charge in [0.1, 0.15) is 23.0 Å². The van der Waals surface area contributed by atoms with Gasteiger partial charge < -0.3 is 25.0 Å². The summed E-state index contributed by atoms with van der Waals surface area (Å²) in [6.07, 6.45) is 2.78. The molecule has 3 N–H and O–H groups in total. The summed E-state index contributed by atoms with van der Waals surface area (Å²) in [5.74, 6) is -5.82. The number of hydrogen-bond acceptors (Lipinski definition) is 5. The fourth-order valence-corrected chi connectivity index (χ4v) is 3.26. The van der Waals surface area contributed by atoms with Crippen LogP contribution in [0.5, 0.6) is 5.75 Å². The first kappa shape index (κ1) is 24.9. The Morgan fingerprint density at radius 3 is 2.34 bits per heavy atom. The normalized spacial score (nSPS) is 12.7. The van der Waals surface area contributed by atoms with E-state index in [0.717, 1.165) is 26.1 Å². The number of hydrogen-bond donors (Lipinski definition) is 3. The van der Waals surface area contributed by atoms with Crippen molar-refractivity contribution in [3.8, 4) is 5.75 Å². The summed E-state index contributed by atoms with van der Waals surface area (Å²) in [7, 11) is 1.00. The highest BCUT2D eigenvalue weighted by Gasteiger charge is 2.30. The van der Waals surface area contributed by atoms with Crippen LogP contribution in [0, 0.1) is 17.5 Å². The second kappa shape index (κ2) is 10.8. The van der Waals surface area contributed by atoms with E-state index in [0.29, 0.717) is 25.2 Å². The summed E-state index contributed by atoms with van der Waals surface area (Å²) < 4.78 is 41.7. The number of pyridine rings is 1. The molecule has 174 valence electrons. The molecule has 0 radical (unpaired) electrons. The third-order valence-corrected chi connectivity index (χ3v) is 4.91. The highest BCUT2D eigenvalue weighted by Crippen LogP contribution is 2.21. The molecule has 0 saturated carbocycles. The van der Waals surface area contributed by atoms with Gasteiger partial charge in [-0.15, -0.1) is 0 Å². The molecule has 0 unspecified atom stereocenters. The first-order chi connectivity index (χ1) is 15.2. The molecule has 2 aromatic rings. The number of nitrogens with zero attached hydrogens (tertiary/aromatic N) is 2. The SMILES string of the molecule is CCCCN1CCn2cc(C(=O)NCc3c(F)cc(F)cc3F)c(=O)c(O)c2C1=O.CO. The number of carbonyl (C=O) groups excluding carboxylic acids is 2. The molecule has 1 aliphatic heterocycles. The molecule has 2 heterocycles. The lowest BCUT2D eigenvalue weighted by molar-refractivity contribution is 0.0693. The number of unbranched alkanes of at least 4 members (excludes halogenated alkanes) is 1. The molecule has 8 nitrogen and oxygen atoms in total. The minimum absolute atomic E-state index is 0.200. The molecule has 1 aromatic carbocycles. The summed E-state index contributed by atoms with van der Waals surface area (Å²) in [4.78, 5) is 39.0. The Balaban J connectivity index is 0.00000176. The molecule has 1 aromatic heterocycles. The molecule has 32 heavy (non-hydrogen) atoms. The van der Waals surface area contributed by atoms with Crippen LogP contribution in [0.1, 0.15) is 46.2 Å². The van der Waals surface area contributed by atoms with Gasteiger partial charge in [-0.1, -0.05) is 13.3 Å². The average Bonchev–Trinajstić information content (AvgIpc) is 2.76. The summed E-state index contributed by atoms with van der Waals surface area (Å²) in [5, 5.41) is 19.4. The average molecular weight is 455 g/mol. The molecule has 0 fully saturated rings. The van der Waals surface area contributed by atoms with Gasteiger partial charge in [0.05, 0.1) is 0 Å². The maximum absolute atomic E-state index is 13.7. The fourth-order valence-electron chi connectivity index (χ4n) is 3.26. The van der Waals surface area contributed by atoms with Crippen molar-refractivity contribution in [1.82, 2.24) is 14.8 Å². The monoisotopic (exact) mass is 455 g/mol. The van der Waals surface area contributed by atoms with Crippen molar-refractivity contribution in [3.63, 3.8) is 0 Å². The van der Waals surface area contributed by atoms with Gasteiger partial charge in [-0.25, -0.2) is 13.2 Å². The van der Waals surface area contributed by atoms with E-state index < -0.39 is 58.1 Å². The Morgan fingerprint density at radius 2 is 1.75 bits per heavy atom. The van der Waals surface area contributed by atoms with Crippen LogP contribution in [0.2, 0.25) is 0 Å². The third kappa shape index (κ3) is 5.10. The predicted octanol–water partition coefficient (Wildman–Crippen LogP) is 1.77. The number of nitrogens with one attached hydrogen (secondary N) is 1. The number of halogens is 3. The number of aromatic nitrogens is 1. The molecule has 0 atom stereocenters. The summed E-state index contributed by atoms with van der Waals surface area (Å²) in [6.45, 7) is 2.43. The maximum Gasteiger partial charge on any atom is 0.274 e. The number of rotatable bonds is 6. The lowest BCUT2D eigenvalue weighted by Crippen LogP contribution is -2.43. The van der Waals surface area contributed by atoms with Crippen LogP contribution in [0.25, 0.3) is 0 Å². The van der Waals surface area contributed by atoms with Crippen molar-refractivity contribution in [3.05, 3.63) is 62.8 Å². The second-order valence-corrected chi connectivity index (χ2v) is 6.94. The van der Waals surface area contributed by atoms with E-state index in [2.05, 4.69) is 5.32 Å². The van der Waals surface area contributed by atoms with Crippen molar-refractivity contribution in [1.29, 1.82) is 0 Å². The number of benzene rings is 1. The minimum atomic E-state index is -1.18. The zero-order valence-corrected chi connectivity index (χ0v) is 17.6. The molecule has 0 bridgehead atoms. The van der Waals surface area contributed by atoms with Gasteiger partial charge in [0.15, 0.2) is 11.4 Å². The summed E-state index contributed by atoms with van der Waals surface area (Å²) >= 11 is 0. The predicted molar refractivity (Wildman–Crippen MR) is 109 cm³/mol. The van der Waals surface area contributed by atoms with Crippen LogP contribution < -0.4 is 10.7 Å². The van der Waals surface area contributed by atoms with E-state index in [1.807, 2.05) is 6.92 Å². The topological polar surface area (TPSA) is 112 Å². The van der Waals surface area contributed by atoms with Crippen molar-refractivity contribution in [2.45, 2.75) is 32.9 Å². The molecular formula is C21H24F3N3O5. The van der Waals surface area contributed by atoms with E-state index in [4.69, 9.17) is 5.11 Å². The molecular weight excluding hydrogens is 431 g/mol. The van der Waals surface area contributed by atoms with Crippen LogP contribution >= 0.6 is 0 Å². The van der Waals surface area contributed by atoms with E-state index in [9.17, 15) is 32.7 Å². The van der Waals surface area contributed by atoms with E-state index >= 15 is 0 Å². The van der Waals surface area contributed by atoms with Gasteiger partial charge in [-0.2, -0.15) is 0 Å². The van der Waals surface area contributed by atoms with Gasteiger partial charge in [0.25, 0.3) is 11.8 Å². The highest BCUT2D eigenvalue weighted by atomic mass is 19.1. The van der Waals surface area contributed by atoms with Crippen LogP contribution in [-0.2, 0) is 13.1 Å². The number of aromatic hydroxyl groups is 1. The van der Waals surface area contributed by atoms with Crippen LogP contribution in [0.4, 0.5) is 13.2 Å². The standard InChI is InChI=1S/C20H20F3N3O4.CH4O/c1-2-3-4-25-5-6-26-10-13(17(27)18(28)16(26)20(25)30)19(29)24-9-12-14(22)7-11(21)8-15(12)23;1-2/h7-8,10,28H,2-6,9H2,1H3,(H,24,29);2H,1H3. The van der Waals surface area contributed by atoms with E-state index in [1.165, 1.54) is 9.47 Å². The first-order valence-electron chi connectivity index (χ1n) is 9.86. The number of aliphatic hydroxyl groups is 1. The number of fused-ring (bicyclic) bond motifs is 1. The molecule has 1 aliphatic rings. The molecule has 3 rings (SSSR count). The molecule has 0 aliphatic carbocycles. The third-order valence-electron chi connectivity index (χ3n) is 4.91. The van der Waals surface area contributed by atoms with Crippen molar-refractivity contribution >= 4 is 11.8 Å². The van der Waals surface area contributed by atoms with Gasteiger partial charge in [-0.05, 0) is 6.42 Å². The Hall–Kier alpha value is -3.34. The zero-order valence-electron chi connectivity index (χ0n) is 17.6. The van der Waals surface area contributed by atoms with Crippen LogP contribution in [0.3, 0.4) is 0 Å². The van der Waals surface area contributed by atoms with Gasteiger partial charge in [-0.3, -0.25) is 14.4 Å². The van der Waals surface area contributed by atoms with Crippen molar-refractivity contribution in [2.75, 3.05) is 20.2 Å². The zero-order chi connectivity index (χ0) is 24.0. The van der Waals surface area contributed by atoms with Crippen LogP contribution in [0.15, 0.2) is 23.1 Å². The highest BCUT2D eigenvalue weighted by molar-refractivity contribution is 5.99. The Kier molecular flexibility index (Phi) is 8.41. The molecule has 2 amide bonds. The lowest BCUT2D eigenvalue weighted by atomic mass is 10.1. The van der Waals surface area contributed by atoms with E-state index in [1.54, 1.807) is 0 Å². The molecule has 0 spiro atoms. The molecule has 0 saturated heterocycles. The lowest BCUT2D eigenvalue weighted by Gasteiger charge is -2.30. The maximum atomic E-state index is 13.7. The van der Waals surface area contributed by atoms with Gasteiger partial charge in [0.2, 0.25) is 5.43 Å². The van der Waals surface area contributed by atoms with Crippen molar-refractivity contribution < 1.29 is 33.0 Å². The minimum Gasteiger partial charge on any atom is -0.503 e.